The summed E-state index contributed by atoms with van der Waals surface area (Å²) in [6, 6.07) is 53.6. The minimum Gasteiger partial charge on any atom is -0.309 e. The van der Waals surface area contributed by atoms with E-state index in [1.807, 2.05) is 24.3 Å². The Morgan fingerprint density at radius 3 is 1.73 bits per heavy atom. The zero-order chi connectivity index (χ0) is 29.0. The lowest BCUT2D eigenvalue weighted by Gasteiger charge is -2.09. The zero-order valence-corrected chi connectivity index (χ0v) is 24.5. The van der Waals surface area contributed by atoms with E-state index in [0.29, 0.717) is 0 Å². The fourth-order valence-electron chi connectivity index (χ4n) is 6.33. The predicted octanol–water partition coefficient (Wildman–Crippen LogP) is 10.9. The number of aromatic nitrogens is 3. The Balaban J connectivity index is 1.17. The standard InChI is InChI=1S/C40H25N3S/c1-3-11-27(12-4-1)37-39-38(42-40(41-37)28-13-5-2-6-14-28)33-24-21-29(25-36(33)44-39)26-19-22-30(23-20-26)43-34-17-9-7-15-31(34)32-16-8-10-18-35(32)43/h1-25H. The molecule has 0 aliphatic carbocycles. The third-order valence-corrected chi connectivity index (χ3v) is 9.58. The van der Waals surface area contributed by atoms with Crippen molar-refractivity contribution in [1.29, 1.82) is 0 Å². The van der Waals surface area contributed by atoms with Gasteiger partial charge in [-0.05, 0) is 41.5 Å². The lowest BCUT2D eigenvalue weighted by Crippen LogP contribution is -1.93. The van der Waals surface area contributed by atoms with Gasteiger partial charge in [0.2, 0.25) is 0 Å². The van der Waals surface area contributed by atoms with Gasteiger partial charge >= 0.3 is 0 Å². The fraction of sp³-hybridized carbons (Fsp3) is 0. The quantitative estimate of drug-likeness (QED) is 0.208. The van der Waals surface area contributed by atoms with E-state index in [1.165, 1.54) is 37.6 Å². The van der Waals surface area contributed by atoms with Crippen molar-refractivity contribution >= 4 is 53.4 Å². The van der Waals surface area contributed by atoms with Crippen LogP contribution in [0.5, 0.6) is 0 Å². The fourth-order valence-corrected chi connectivity index (χ4v) is 7.53. The van der Waals surface area contributed by atoms with Crippen LogP contribution in [-0.4, -0.2) is 14.5 Å². The number of para-hydroxylation sites is 2. The summed E-state index contributed by atoms with van der Waals surface area (Å²) in [5, 5.41) is 3.71. The first kappa shape index (κ1) is 25.0. The zero-order valence-electron chi connectivity index (χ0n) is 23.7. The number of nitrogens with zero attached hydrogens (tertiary/aromatic N) is 3. The van der Waals surface area contributed by atoms with Gasteiger partial charge < -0.3 is 4.57 Å². The van der Waals surface area contributed by atoms with E-state index < -0.39 is 0 Å². The van der Waals surface area contributed by atoms with Crippen LogP contribution in [0, 0.1) is 0 Å². The summed E-state index contributed by atoms with van der Waals surface area (Å²) >= 11 is 1.77. The van der Waals surface area contributed by atoms with Gasteiger partial charge in [-0.1, -0.05) is 121 Å². The number of hydrogen-bond donors (Lipinski definition) is 0. The van der Waals surface area contributed by atoms with Gasteiger partial charge in [-0.25, -0.2) is 9.97 Å². The molecule has 44 heavy (non-hydrogen) atoms. The lowest BCUT2D eigenvalue weighted by atomic mass is 10.0. The van der Waals surface area contributed by atoms with E-state index in [0.717, 1.165) is 43.9 Å². The summed E-state index contributed by atoms with van der Waals surface area (Å²) in [6.45, 7) is 0. The summed E-state index contributed by atoms with van der Waals surface area (Å²) in [7, 11) is 0. The van der Waals surface area contributed by atoms with Gasteiger partial charge in [0.25, 0.3) is 0 Å². The highest BCUT2D eigenvalue weighted by Crippen LogP contribution is 2.41. The van der Waals surface area contributed by atoms with Crippen LogP contribution >= 0.6 is 11.3 Å². The van der Waals surface area contributed by atoms with Crippen molar-refractivity contribution in [2.45, 2.75) is 0 Å². The van der Waals surface area contributed by atoms with Crippen LogP contribution in [-0.2, 0) is 0 Å². The Kier molecular flexibility index (Phi) is 5.68. The molecule has 0 aliphatic rings. The topological polar surface area (TPSA) is 30.7 Å². The molecule has 0 unspecified atom stereocenters. The second kappa shape index (κ2) is 10.0. The smallest absolute Gasteiger partial charge is 0.160 e. The number of thiophene rings is 1. The van der Waals surface area contributed by atoms with Crippen molar-refractivity contribution < 1.29 is 0 Å². The van der Waals surface area contributed by atoms with Gasteiger partial charge in [0.15, 0.2) is 5.82 Å². The molecule has 0 amide bonds. The van der Waals surface area contributed by atoms with Gasteiger partial charge in [-0.3, -0.25) is 0 Å². The molecule has 0 radical (unpaired) electrons. The Labute approximate surface area is 258 Å². The first-order chi connectivity index (χ1) is 21.8. The van der Waals surface area contributed by atoms with Crippen LogP contribution in [0.15, 0.2) is 152 Å². The van der Waals surface area contributed by atoms with Crippen LogP contribution in [0.25, 0.3) is 81.6 Å². The maximum absolute atomic E-state index is 5.11. The van der Waals surface area contributed by atoms with E-state index in [4.69, 9.17) is 9.97 Å². The molecule has 0 atom stereocenters. The molecule has 9 rings (SSSR count). The van der Waals surface area contributed by atoms with E-state index in [2.05, 4.69) is 132 Å². The second-order valence-corrected chi connectivity index (χ2v) is 12.1. The van der Waals surface area contributed by atoms with Crippen molar-refractivity contribution in [2.75, 3.05) is 0 Å². The Morgan fingerprint density at radius 1 is 0.455 bits per heavy atom. The van der Waals surface area contributed by atoms with Crippen LogP contribution in [0.3, 0.4) is 0 Å². The third-order valence-electron chi connectivity index (χ3n) is 8.43. The molecule has 0 aliphatic heterocycles. The Bertz CT molecular complexity index is 2420. The predicted molar refractivity (Wildman–Crippen MR) is 186 cm³/mol. The third kappa shape index (κ3) is 3.96. The summed E-state index contributed by atoms with van der Waals surface area (Å²) in [5.41, 5.74) is 10.1. The van der Waals surface area contributed by atoms with Gasteiger partial charge in [0.05, 0.1) is 26.9 Å². The van der Waals surface area contributed by atoms with Gasteiger partial charge in [-0.2, -0.15) is 0 Å². The first-order valence-electron chi connectivity index (χ1n) is 14.8. The second-order valence-electron chi connectivity index (χ2n) is 11.0. The molecule has 3 heterocycles. The minimum absolute atomic E-state index is 0.751. The van der Waals surface area contributed by atoms with Gasteiger partial charge in [-0.15, -0.1) is 11.3 Å². The molecule has 4 heteroatoms. The Hall–Kier alpha value is -5.58. The maximum Gasteiger partial charge on any atom is 0.160 e. The van der Waals surface area contributed by atoms with Crippen molar-refractivity contribution in [3.05, 3.63) is 152 Å². The van der Waals surface area contributed by atoms with Crippen molar-refractivity contribution in [3.8, 4) is 39.5 Å². The highest BCUT2D eigenvalue weighted by atomic mass is 32.1. The molecular formula is C40H25N3S. The average Bonchev–Trinajstić information content (AvgIpc) is 3.64. The largest absolute Gasteiger partial charge is 0.309 e. The number of rotatable bonds is 4. The molecule has 0 saturated carbocycles. The van der Waals surface area contributed by atoms with Crippen LogP contribution in [0.1, 0.15) is 0 Å². The number of fused-ring (bicyclic) bond motifs is 6. The molecular weight excluding hydrogens is 555 g/mol. The van der Waals surface area contributed by atoms with Crippen LogP contribution in [0.2, 0.25) is 0 Å². The summed E-state index contributed by atoms with van der Waals surface area (Å²) in [4.78, 5) is 10.2. The summed E-state index contributed by atoms with van der Waals surface area (Å²) in [6.07, 6.45) is 0. The molecule has 9 aromatic rings. The molecule has 6 aromatic carbocycles. The van der Waals surface area contributed by atoms with Gasteiger partial charge in [0.1, 0.15) is 0 Å². The van der Waals surface area contributed by atoms with Crippen LogP contribution in [0.4, 0.5) is 0 Å². The SMILES string of the molecule is c1ccc(-c2nc(-c3ccccc3)c3sc4cc(-c5ccc(-n6c7ccccc7c7ccccc76)cc5)ccc4c3n2)cc1. The average molecular weight is 580 g/mol. The van der Waals surface area contributed by atoms with Crippen molar-refractivity contribution in [3.63, 3.8) is 0 Å². The Morgan fingerprint density at radius 2 is 1.05 bits per heavy atom. The molecule has 3 aromatic heterocycles. The van der Waals surface area contributed by atoms with Gasteiger partial charge in [0, 0.05) is 37.7 Å². The molecule has 0 bridgehead atoms. The lowest BCUT2D eigenvalue weighted by molar-refractivity contribution is 1.18. The summed E-state index contributed by atoms with van der Waals surface area (Å²) < 4.78 is 4.68. The highest BCUT2D eigenvalue weighted by Gasteiger charge is 2.17. The molecule has 0 N–H and O–H groups in total. The minimum atomic E-state index is 0.751. The molecule has 0 saturated heterocycles. The van der Waals surface area contributed by atoms with Crippen molar-refractivity contribution in [1.82, 2.24) is 14.5 Å². The monoisotopic (exact) mass is 579 g/mol. The van der Waals surface area contributed by atoms with Crippen molar-refractivity contribution in [2.24, 2.45) is 0 Å². The van der Waals surface area contributed by atoms with E-state index in [-0.39, 0.29) is 0 Å². The molecule has 3 nitrogen and oxygen atoms in total. The molecule has 206 valence electrons. The highest BCUT2D eigenvalue weighted by molar-refractivity contribution is 7.26. The number of benzene rings is 6. The van der Waals surface area contributed by atoms with E-state index >= 15 is 0 Å². The normalized spacial score (nSPS) is 11.6. The van der Waals surface area contributed by atoms with E-state index in [1.54, 1.807) is 11.3 Å². The molecule has 0 fully saturated rings. The number of hydrogen-bond acceptors (Lipinski definition) is 3. The maximum atomic E-state index is 5.11. The van der Waals surface area contributed by atoms with E-state index in [9.17, 15) is 0 Å². The first-order valence-corrected chi connectivity index (χ1v) is 15.6. The molecule has 0 spiro atoms. The summed E-state index contributed by atoms with van der Waals surface area (Å²) in [5.74, 6) is 0.751. The van der Waals surface area contributed by atoms with Crippen LogP contribution < -0.4 is 0 Å².